The zero-order valence-electron chi connectivity index (χ0n) is 11.8. The lowest BCUT2D eigenvalue weighted by Gasteiger charge is -2.35. The summed E-state index contributed by atoms with van der Waals surface area (Å²) < 4.78 is 37.8. The highest BCUT2D eigenvalue weighted by atomic mass is 79.9. The molecule has 1 aromatic rings. The standard InChI is InChI=1S/C13H18BrF3N4/c1-2-3-11-18-10(14)8-12(19-11)21-6-4-20(5-7-21)9-13(15,16)17/h8H,2-7,9H2,1H3. The van der Waals surface area contributed by atoms with E-state index in [1.807, 2.05) is 11.0 Å². The van der Waals surface area contributed by atoms with Gasteiger partial charge in [-0.3, -0.25) is 4.90 Å². The van der Waals surface area contributed by atoms with Crippen LogP contribution < -0.4 is 4.90 Å². The van der Waals surface area contributed by atoms with Gasteiger partial charge in [0.25, 0.3) is 0 Å². The molecule has 1 fully saturated rings. The van der Waals surface area contributed by atoms with E-state index in [-0.39, 0.29) is 0 Å². The van der Waals surface area contributed by atoms with Crippen LogP contribution >= 0.6 is 15.9 Å². The zero-order valence-corrected chi connectivity index (χ0v) is 13.4. The first kappa shape index (κ1) is 16.5. The predicted octanol–water partition coefficient (Wildman–Crippen LogP) is 2.88. The van der Waals surface area contributed by atoms with Gasteiger partial charge in [0, 0.05) is 38.7 Å². The molecule has 0 aliphatic carbocycles. The number of anilines is 1. The summed E-state index contributed by atoms with van der Waals surface area (Å²) in [7, 11) is 0. The fraction of sp³-hybridized carbons (Fsp3) is 0.692. The highest BCUT2D eigenvalue weighted by Gasteiger charge is 2.32. The van der Waals surface area contributed by atoms with Crippen molar-refractivity contribution in [3.05, 3.63) is 16.5 Å². The van der Waals surface area contributed by atoms with Crippen LogP contribution in [0.25, 0.3) is 0 Å². The summed E-state index contributed by atoms with van der Waals surface area (Å²) in [6.45, 7) is 3.10. The molecule has 0 spiro atoms. The molecule has 21 heavy (non-hydrogen) atoms. The van der Waals surface area contributed by atoms with Crippen LogP contribution in [-0.4, -0.2) is 53.8 Å². The van der Waals surface area contributed by atoms with Gasteiger partial charge in [-0.1, -0.05) is 6.92 Å². The van der Waals surface area contributed by atoms with Crippen LogP contribution in [0.5, 0.6) is 0 Å². The minimum absolute atomic E-state index is 0.393. The Labute approximate surface area is 130 Å². The third-order valence-electron chi connectivity index (χ3n) is 3.30. The molecule has 0 unspecified atom stereocenters. The second-order valence-electron chi connectivity index (χ2n) is 5.09. The molecule has 0 N–H and O–H groups in total. The fourth-order valence-corrected chi connectivity index (χ4v) is 2.75. The molecule has 1 saturated heterocycles. The van der Waals surface area contributed by atoms with Gasteiger partial charge in [0.15, 0.2) is 0 Å². The lowest BCUT2D eigenvalue weighted by molar-refractivity contribution is -0.146. The first-order chi connectivity index (χ1) is 9.87. The summed E-state index contributed by atoms with van der Waals surface area (Å²) in [5.74, 6) is 1.55. The molecule has 1 aliphatic heterocycles. The van der Waals surface area contributed by atoms with Gasteiger partial charge in [0.2, 0.25) is 0 Å². The molecule has 0 amide bonds. The van der Waals surface area contributed by atoms with Crippen molar-refractivity contribution in [1.29, 1.82) is 0 Å². The topological polar surface area (TPSA) is 32.3 Å². The Morgan fingerprint density at radius 3 is 2.43 bits per heavy atom. The highest BCUT2D eigenvalue weighted by molar-refractivity contribution is 9.10. The van der Waals surface area contributed by atoms with Gasteiger partial charge in [0.1, 0.15) is 16.2 Å². The maximum atomic E-state index is 12.4. The van der Waals surface area contributed by atoms with E-state index in [0.717, 1.165) is 24.5 Å². The van der Waals surface area contributed by atoms with Crippen molar-refractivity contribution in [2.75, 3.05) is 37.6 Å². The van der Waals surface area contributed by atoms with E-state index in [0.29, 0.717) is 30.8 Å². The molecular formula is C13H18BrF3N4. The molecule has 0 radical (unpaired) electrons. The van der Waals surface area contributed by atoms with Crippen LogP contribution in [0.15, 0.2) is 10.7 Å². The Bertz CT molecular complexity index is 473. The molecule has 0 bridgehead atoms. The Balaban J connectivity index is 1.98. The van der Waals surface area contributed by atoms with Crippen molar-refractivity contribution in [2.45, 2.75) is 25.9 Å². The van der Waals surface area contributed by atoms with E-state index < -0.39 is 12.7 Å². The van der Waals surface area contributed by atoms with Gasteiger partial charge >= 0.3 is 6.18 Å². The van der Waals surface area contributed by atoms with Crippen LogP contribution in [0, 0.1) is 0 Å². The summed E-state index contributed by atoms with van der Waals surface area (Å²) in [6.07, 6.45) is -2.38. The molecule has 0 saturated carbocycles. The van der Waals surface area contributed by atoms with Gasteiger partial charge in [-0.25, -0.2) is 9.97 Å². The number of nitrogens with zero attached hydrogens (tertiary/aromatic N) is 4. The van der Waals surface area contributed by atoms with Crippen molar-refractivity contribution in [1.82, 2.24) is 14.9 Å². The molecular weight excluding hydrogens is 349 g/mol. The molecule has 4 nitrogen and oxygen atoms in total. The number of piperazine rings is 1. The molecule has 8 heteroatoms. The lowest BCUT2D eigenvalue weighted by Crippen LogP contribution is -2.49. The second-order valence-corrected chi connectivity index (χ2v) is 5.91. The van der Waals surface area contributed by atoms with Crippen LogP contribution in [0.2, 0.25) is 0 Å². The third kappa shape index (κ3) is 5.10. The molecule has 0 aromatic carbocycles. The largest absolute Gasteiger partial charge is 0.401 e. The quantitative estimate of drug-likeness (QED) is 0.767. The normalized spacial score (nSPS) is 17.3. The Kier molecular flexibility index (Phi) is 5.43. The maximum absolute atomic E-state index is 12.4. The number of hydrogen-bond donors (Lipinski definition) is 0. The summed E-state index contributed by atoms with van der Waals surface area (Å²) in [5.41, 5.74) is 0. The van der Waals surface area contributed by atoms with Crippen molar-refractivity contribution in [3.8, 4) is 0 Å². The number of halogens is 4. The molecule has 0 atom stereocenters. The highest BCUT2D eigenvalue weighted by Crippen LogP contribution is 2.21. The number of hydrogen-bond acceptors (Lipinski definition) is 4. The van der Waals surface area contributed by atoms with Crippen LogP contribution in [0.4, 0.5) is 19.0 Å². The predicted molar refractivity (Wildman–Crippen MR) is 78.4 cm³/mol. The van der Waals surface area contributed by atoms with Crippen molar-refractivity contribution in [3.63, 3.8) is 0 Å². The fourth-order valence-electron chi connectivity index (χ4n) is 2.34. The first-order valence-corrected chi connectivity index (χ1v) is 7.74. The summed E-state index contributed by atoms with van der Waals surface area (Å²) in [4.78, 5) is 12.2. The summed E-state index contributed by atoms with van der Waals surface area (Å²) in [5, 5.41) is 0. The first-order valence-electron chi connectivity index (χ1n) is 6.95. The minimum Gasteiger partial charge on any atom is -0.354 e. The minimum atomic E-state index is -4.13. The van der Waals surface area contributed by atoms with Crippen LogP contribution in [0.1, 0.15) is 19.2 Å². The van der Waals surface area contributed by atoms with E-state index >= 15 is 0 Å². The number of aryl methyl sites for hydroxylation is 1. The van der Waals surface area contributed by atoms with Gasteiger partial charge in [-0.2, -0.15) is 13.2 Å². The monoisotopic (exact) mass is 366 g/mol. The average molecular weight is 367 g/mol. The SMILES string of the molecule is CCCc1nc(Br)cc(N2CCN(CC(F)(F)F)CC2)n1. The average Bonchev–Trinajstić information content (AvgIpc) is 2.37. The third-order valence-corrected chi connectivity index (χ3v) is 3.71. The smallest absolute Gasteiger partial charge is 0.354 e. The van der Waals surface area contributed by atoms with Gasteiger partial charge in [-0.15, -0.1) is 0 Å². The zero-order chi connectivity index (χ0) is 15.5. The maximum Gasteiger partial charge on any atom is 0.401 e. The number of aromatic nitrogens is 2. The van der Waals surface area contributed by atoms with E-state index in [4.69, 9.17) is 0 Å². The number of rotatable bonds is 4. The summed E-state index contributed by atoms with van der Waals surface area (Å²) in [6, 6.07) is 1.82. The van der Waals surface area contributed by atoms with Crippen LogP contribution in [0.3, 0.4) is 0 Å². The van der Waals surface area contributed by atoms with E-state index in [1.165, 1.54) is 4.90 Å². The van der Waals surface area contributed by atoms with E-state index in [1.54, 1.807) is 0 Å². The molecule has 1 aliphatic rings. The second kappa shape index (κ2) is 6.91. The Morgan fingerprint density at radius 1 is 1.19 bits per heavy atom. The van der Waals surface area contributed by atoms with E-state index in [9.17, 15) is 13.2 Å². The van der Waals surface area contributed by atoms with Gasteiger partial charge in [0.05, 0.1) is 6.54 Å². The van der Waals surface area contributed by atoms with Crippen LogP contribution in [-0.2, 0) is 6.42 Å². The Hall–Kier alpha value is -0.890. The number of alkyl halides is 3. The van der Waals surface area contributed by atoms with Gasteiger partial charge in [-0.05, 0) is 22.4 Å². The van der Waals surface area contributed by atoms with Crippen molar-refractivity contribution < 1.29 is 13.2 Å². The molecule has 2 rings (SSSR count). The molecule has 2 heterocycles. The van der Waals surface area contributed by atoms with Gasteiger partial charge < -0.3 is 4.90 Å². The summed E-state index contributed by atoms with van der Waals surface area (Å²) >= 11 is 3.36. The van der Waals surface area contributed by atoms with Crippen molar-refractivity contribution >= 4 is 21.7 Å². The lowest BCUT2D eigenvalue weighted by atomic mass is 10.3. The molecule has 118 valence electrons. The van der Waals surface area contributed by atoms with Crippen molar-refractivity contribution in [2.24, 2.45) is 0 Å². The Morgan fingerprint density at radius 2 is 1.86 bits per heavy atom. The molecule has 1 aromatic heterocycles. The van der Waals surface area contributed by atoms with E-state index in [2.05, 4.69) is 32.8 Å².